The lowest BCUT2D eigenvalue weighted by atomic mass is 10.1. The average molecular weight is 392 g/mol. The molecule has 0 aliphatic heterocycles. The number of hydrogen-bond donors (Lipinski definition) is 1. The third-order valence-corrected chi connectivity index (χ3v) is 4.48. The molecule has 0 aliphatic carbocycles. The van der Waals surface area contributed by atoms with Gasteiger partial charge in [-0.3, -0.25) is 9.48 Å². The van der Waals surface area contributed by atoms with E-state index in [1.165, 1.54) is 0 Å². The molecule has 0 amide bonds. The summed E-state index contributed by atoms with van der Waals surface area (Å²) in [6.45, 7) is 3.30. The van der Waals surface area contributed by atoms with E-state index in [-0.39, 0.29) is 5.95 Å². The van der Waals surface area contributed by atoms with Gasteiger partial charge in [-0.25, -0.2) is 9.97 Å². The Hall–Kier alpha value is -3.68. The molecule has 0 unspecified atom stereocenters. The summed E-state index contributed by atoms with van der Waals surface area (Å²) in [4.78, 5) is 22.1. The highest BCUT2D eigenvalue weighted by molar-refractivity contribution is 5.96. The number of carbonyl (C=O) groups is 1. The number of benzene rings is 1. The van der Waals surface area contributed by atoms with Crippen LogP contribution in [0.5, 0.6) is 5.75 Å². The number of carbonyl (C=O) groups excluding carboxylic acids is 1. The SMILES string of the molecule is CCN(C)/C=C\C=C(/C=O)Cn1cc(-c2nc(N)nc3c(OC)cccc23)cn1. The van der Waals surface area contributed by atoms with E-state index in [1.54, 1.807) is 24.1 Å². The van der Waals surface area contributed by atoms with E-state index in [1.807, 2.05) is 48.6 Å². The minimum atomic E-state index is 0.156. The van der Waals surface area contributed by atoms with Gasteiger partial charge in [0, 0.05) is 36.3 Å². The number of nitrogens with two attached hydrogens (primary N) is 1. The number of hydrogen-bond acceptors (Lipinski definition) is 7. The fraction of sp³-hybridized carbons (Fsp3) is 0.238. The zero-order chi connectivity index (χ0) is 20.8. The van der Waals surface area contributed by atoms with Gasteiger partial charge in [0.05, 0.1) is 25.5 Å². The number of methoxy groups -OCH3 is 1. The molecule has 1 aromatic carbocycles. The Kier molecular flexibility index (Phi) is 6.23. The molecule has 0 saturated heterocycles. The van der Waals surface area contributed by atoms with Crippen LogP contribution in [0.2, 0.25) is 0 Å². The fourth-order valence-corrected chi connectivity index (χ4v) is 2.84. The Morgan fingerprint density at radius 2 is 2.17 bits per heavy atom. The Balaban J connectivity index is 1.91. The highest BCUT2D eigenvalue weighted by Gasteiger charge is 2.13. The van der Waals surface area contributed by atoms with Gasteiger partial charge in [0.1, 0.15) is 17.6 Å². The highest BCUT2D eigenvalue weighted by atomic mass is 16.5. The molecule has 0 aliphatic rings. The van der Waals surface area contributed by atoms with Gasteiger partial charge < -0.3 is 15.4 Å². The summed E-state index contributed by atoms with van der Waals surface area (Å²) in [7, 11) is 3.56. The van der Waals surface area contributed by atoms with Crippen LogP contribution in [0.4, 0.5) is 5.95 Å². The van der Waals surface area contributed by atoms with Crippen LogP contribution in [-0.2, 0) is 11.3 Å². The van der Waals surface area contributed by atoms with E-state index in [4.69, 9.17) is 10.5 Å². The monoisotopic (exact) mass is 392 g/mol. The topological polar surface area (TPSA) is 99.2 Å². The summed E-state index contributed by atoms with van der Waals surface area (Å²) in [5, 5.41) is 5.18. The van der Waals surface area contributed by atoms with E-state index in [0.717, 1.165) is 23.8 Å². The van der Waals surface area contributed by atoms with Crippen molar-refractivity contribution >= 4 is 23.1 Å². The van der Waals surface area contributed by atoms with Crippen molar-refractivity contribution in [1.82, 2.24) is 24.6 Å². The van der Waals surface area contributed by atoms with Gasteiger partial charge in [0.25, 0.3) is 0 Å². The van der Waals surface area contributed by atoms with Gasteiger partial charge in [-0.1, -0.05) is 18.2 Å². The molecule has 29 heavy (non-hydrogen) atoms. The van der Waals surface area contributed by atoms with Crippen LogP contribution in [0.25, 0.3) is 22.2 Å². The third kappa shape index (κ3) is 4.60. The van der Waals surface area contributed by atoms with E-state index in [0.29, 0.717) is 29.1 Å². The number of anilines is 1. The predicted octanol–water partition coefficient (Wildman–Crippen LogP) is 2.67. The lowest BCUT2D eigenvalue weighted by Crippen LogP contribution is -2.08. The first-order chi connectivity index (χ1) is 14.0. The summed E-state index contributed by atoms with van der Waals surface area (Å²) < 4.78 is 7.08. The molecule has 2 heterocycles. The lowest BCUT2D eigenvalue weighted by Gasteiger charge is -2.08. The molecule has 8 nitrogen and oxygen atoms in total. The average Bonchev–Trinajstić information content (AvgIpc) is 3.20. The molecule has 0 saturated carbocycles. The number of nitrogens with zero attached hydrogens (tertiary/aromatic N) is 5. The van der Waals surface area contributed by atoms with Gasteiger partial charge in [-0.2, -0.15) is 5.10 Å². The summed E-state index contributed by atoms with van der Waals surface area (Å²) >= 11 is 0. The summed E-state index contributed by atoms with van der Waals surface area (Å²) in [6, 6.07) is 5.61. The Morgan fingerprint density at radius 3 is 2.90 bits per heavy atom. The van der Waals surface area contributed by atoms with Crippen molar-refractivity contribution in [2.24, 2.45) is 0 Å². The first kappa shape index (κ1) is 20.1. The van der Waals surface area contributed by atoms with Crippen LogP contribution >= 0.6 is 0 Å². The van der Waals surface area contributed by atoms with E-state index in [2.05, 4.69) is 22.0 Å². The number of rotatable bonds is 8. The van der Waals surface area contributed by atoms with Crippen LogP contribution in [0.1, 0.15) is 6.92 Å². The number of fused-ring (bicyclic) bond motifs is 1. The Morgan fingerprint density at radius 1 is 1.34 bits per heavy atom. The molecule has 150 valence electrons. The number of allylic oxidation sites excluding steroid dienone is 3. The van der Waals surface area contributed by atoms with Crippen molar-refractivity contribution in [1.29, 1.82) is 0 Å². The number of ether oxygens (including phenoxy) is 1. The zero-order valence-corrected chi connectivity index (χ0v) is 16.7. The number of para-hydroxylation sites is 1. The second-order valence-corrected chi connectivity index (χ2v) is 6.49. The molecule has 0 radical (unpaired) electrons. The summed E-state index contributed by atoms with van der Waals surface area (Å²) in [6.07, 6.45) is 9.91. The van der Waals surface area contributed by atoms with Crippen molar-refractivity contribution in [3.63, 3.8) is 0 Å². The fourth-order valence-electron chi connectivity index (χ4n) is 2.84. The molecule has 0 spiro atoms. The van der Waals surface area contributed by atoms with Crippen LogP contribution in [0.15, 0.2) is 54.5 Å². The minimum absolute atomic E-state index is 0.156. The molecule has 3 aromatic rings. The highest BCUT2D eigenvalue weighted by Crippen LogP contribution is 2.31. The first-order valence-electron chi connectivity index (χ1n) is 9.21. The Labute approximate surface area is 169 Å². The lowest BCUT2D eigenvalue weighted by molar-refractivity contribution is -0.105. The Bertz CT molecular complexity index is 1070. The van der Waals surface area contributed by atoms with Gasteiger partial charge in [0.2, 0.25) is 5.95 Å². The minimum Gasteiger partial charge on any atom is -0.494 e. The predicted molar refractivity (Wildman–Crippen MR) is 113 cm³/mol. The van der Waals surface area contributed by atoms with Gasteiger partial charge in [0.15, 0.2) is 0 Å². The standard InChI is InChI=1S/C21H24N6O2/c1-4-26(2)10-6-7-15(14-28)12-27-13-16(11-23-27)19-17-8-5-9-18(29-3)20(17)25-21(22)24-19/h5-11,13-14H,4,12H2,1-3H3,(H2,22,24,25)/b10-6-,15-7-. The molecule has 8 heteroatoms. The summed E-state index contributed by atoms with van der Waals surface area (Å²) in [5.74, 6) is 0.781. The summed E-state index contributed by atoms with van der Waals surface area (Å²) in [5.41, 5.74) is 8.61. The van der Waals surface area contributed by atoms with Crippen molar-refractivity contribution in [2.45, 2.75) is 13.5 Å². The normalized spacial score (nSPS) is 11.9. The van der Waals surface area contributed by atoms with Crippen molar-refractivity contribution < 1.29 is 9.53 Å². The van der Waals surface area contributed by atoms with E-state index < -0.39 is 0 Å². The molecular weight excluding hydrogens is 368 g/mol. The maximum absolute atomic E-state index is 11.4. The molecule has 0 fully saturated rings. The molecule has 2 aromatic heterocycles. The zero-order valence-electron chi connectivity index (χ0n) is 16.7. The van der Waals surface area contributed by atoms with Crippen LogP contribution in [0.3, 0.4) is 0 Å². The number of aldehydes is 1. The first-order valence-corrected chi connectivity index (χ1v) is 9.21. The second-order valence-electron chi connectivity index (χ2n) is 6.49. The smallest absolute Gasteiger partial charge is 0.221 e. The van der Waals surface area contributed by atoms with Crippen LogP contribution in [-0.4, -0.2) is 51.6 Å². The van der Waals surface area contributed by atoms with Crippen molar-refractivity contribution in [3.8, 4) is 17.0 Å². The number of nitrogen functional groups attached to an aromatic ring is 1. The molecule has 0 atom stereocenters. The quantitative estimate of drug-likeness (QED) is 0.357. The van der Waals surface area contributed by atoms with Gasteiger partial charge in [-0.15, -0.1) is 0 Å². The van der Waals surface area contributed by atoms with Gasteiger partial charge in [-0.05, 0) is 25.3 Å². The second kappa shape index (κ2) is 9.01. The molecule has 2 N–H and O–H groups in total. The number of aromatic nitrogens is 4. The third-order valence-electron chi connectivity index (χ3n) is 4.48. The molecular formula is C21H24N6O2. The van der Waals surface area contributed by atoms with E-state index in [9.17, 15) is 4.79 Å². The molecule has 3 rings (SSSR count). The van der Waals surface area contributed by atoms with Gasteiger partial charge >= 0.3 is 0 Å². The van der Waals surface area contributed by atoms with Crippen LogP contribution in [0, 0.1) is 0 Å². The van der Waals surface area contributed by atoms with E-state index >= 15 is 0 Å². The van der Waals surface area contributed by atoms with Crippen molar-refractivity contribution in [2.75, 3.05) is 26.4 Å². The largest absolute Gasteiger partial charge is 0.494 e. The van der Waals surface area contributed by atoms with Crippen molar-refractivity contribution in [3.05, 3.63) is 54.5 Å². The van der Waals surface area contributed by atoms with Crippen LogP contribution < -0.4 is 10.5 Å². The maximum atomic E-state index is 11.4. The maximum Gasteiger partial charge on any atom is 0.221 e. The molecule has 0 bridgehead atoms.